The first-order valence-electron chi connectivity index (χ1n) is 8.57. The number of nitrogens with zero attached hydrogens (tertiary/aromatic N) is 1. The van der Waals surface area contributed by atoms with Gasteiger partial charge in [0.2, 0.25) is 0 Å². The highest BCUT2D eigenvalue weighted by molar-refractivity contribution is 6.05. The van der Waals surface area contributed by atoms with Crippen LogP contribution in [0, 0.1) is 0 Å². The largest absolute Gasteiger partial charge is 0.497 e. The van der Waals surface area contributed by atoms with E-state index in [0.717, 1.165) is 39.0 Å². The first-order chi connectivity index (χ1) is 13.3. The van der Waals surface area contributed by atoms with Crippen LogP contribution in [0.4, 0.5) is 0 Å². The Balaban J connectivity index is 1.58. The van der Waals surface area contributed by atoms with E-state index in [1.807, 2.05) is 66.7 Å². The first kappa shape index (κ1) is 17.0. The van der Waals surface area contributed by atoms with Crippen LogP contribution >= 0.6 is 0 Å². The SMILES string of the molecule is CO/N=C(\COc1ccc2oc3ccccc3c2c1)c1ccc(OC)cc1. The monoisotopic (exact) mass is 361 g/mol. The molecule has 0 fully saturated rings. The Bertz CT molecular complexity index is 1100. The average Bonchev–Trinajstić information content (AvgIpc) is 3.09. The Labute approximate surface area is 156 Å². The van der Waals surface area contributed by atoms with Crippen LogP contribution in [0.25, 0.3) is 21.9 Å². The van der Waals surface area contributed by atoms with Crippen LogP contribution in [0.15, 0.2) is 76.3 Å². The summed E-state index contributed by atoms with van der Waals surface area (Å²) in [4.78, 5) is 4.98. The van der Waals surface area contributed by atoms with E-state index >= 15 is 0 Å². The molecule has 0 N–H and O–H groups in total. The van der Waals surface area contributed by atoms with Gasteiger partial charge in [0.05, 0.1) is 7.11 Å². The van der Waals surface area contributed by atoms with E-state index in [-0.39, 0.29) is 6.61 Å². The van der Waals surface area contributed by atoms with Gasteiger partial charge in [-0.3, -0.25) is 0 Å². The topological polar surface area (TPSA) is 53.2 Å². The van der Waals surface area contributed by atoms with Gasteiger partial charge in [-0.1, -0.05) is 23.4 Å². The van der Waals surface area contributed by atoms with Crippen LogP contribution in [-0.4, -0.2) is 26.5 Å². The molecule has 0 atom stereocenters. The van der Waals surface area contributed by atoms with Gasteiger partial charge in [0, 0.05) is 16.3 Å². The summed E-state index contributed by atoms with van der Waals surface area (Å²) in [7, 11) is 3.16. The second-order valence-electron chi connectivity index (χ2n) is 5.99. The van der Waals surface area contributed by atoms with Crippen LogP contribution in [0.2, 0.25) is 0 Å². The molecule has 0 aliphatic heterocycles. The number of fused-ring (bicyclic) bond motifs is 3. The van der Waals surface area contributed by atoms with Gasteiger partial charge in [-0.25, -0.2) is 0 Å². The summed E-state index contributed by atoms with van der Waals surface area (Å²) >= 11 is 0. The summed E-state index contributed by atoms with van der Waals surface area (Å²) in [5, 5.41) is 6.19. The third-order valence-electron chi connectivity index (χ3n) is 4.35. The van der Waals surface area contributed by atoms with E-state index in [9.17, 15) is 0 Å². The molecule has 5 nitrogen and oxygen atoms in total. The van der Waals surface area contributed by atoms with Crippen molar-refractivity contribution in [3.63, 3.8) is 0 Å². The molecule has 0 saturated carbocycles. The highest BCUT2D eigenvalue weighted by Crippen LogP contribution is 2.31. The van der Waals surface area contributed by atoms with Crippen molar-refractivity contribution in [3.8, 4) is 11.5 Å². The van der Waals surface area contributed by atoms with E-state index in [2.05, 4.69) is 5.16 Å². The summed E-state index contributed by atoms with van der Waals surface area (Å²) in [6.07, 6.45) is 0. The molecule has 0 bridgehead atoms. The number of hydrogen-bond donors (Lipinski definition) is 0. The second-order valence-corrected chi connectivity index (χ2v) is 5.99. The molecule has 1 heterocycles. The number of oxime groups is 1. The smallest absolute Gasteiger partial charge is 0.135 e. The molecule has 0 aliphatic carbocycles. The molecule has 3 aromatic carbocycles. The molecular weight excluding hydrogens is 342 g/mol. The zero-order chi connectivity index (χ0) is 18.6. The lowest BCUT2D eigenvalue weighted by Crippen LogP contribution is -2.13. The summed E-state index contributed by atoms with van der Waals surface area (Å²) in [6, 6.07) is 21.4. The fourth-order valence-corrected chi connectivity index (χ4v) is 3.00. The second kappa shape index (κ2) is 7.41. The third kappa shape index (κ3) is 3.44. The summed E-state index contributed by atoms with van der Waals surface area (Å²) < 4.78 is 17.0. The third-order valence-corrected chi connectivity index (χ3v) is 4.35. The van der Waals surface area contributed by atoms with Crippen molar-refractivity contribution in [1.29, 1.82) is 0 Å². The maximum atomic E-state index is 5.97. The number of furan rings is 1. The summed E-state index contributed by atoms with van der Waals surface area (Å²) in [5.74, 6) is 1.53. The maximum Gasteiger partial charge on any atom is 0.135 e. The van der Waals surface area contributed by atoms with Gasteiger partial charge in [0.15, 0.2) is 0 Å². The molecular formula is C22H19NO4. The van der Waals surface area contributed by atoms with Crippen LogP contribution < -0.4 is 9.47 Å². The number of rotatable bonds is 6. The minimum atomic E-state index is 0.279. The molecule has 1 aromatic heterocycles. The van der Waals surface area contributed by atoms with E-state index in [0.29, 0.717) is 5.71 Å². The molecule has 0 unspecified atom stereocenters. The van der Waals surface area contributed by atoms with Crippen molar-refractivity contribution >= 4 is 27.7 Å². The van der Waals surface area contributed by atoms with Crippen molar-refractivity contribution in [2.24, 2.45) is 5.16 Å². The van der Waals surface area contributed by atoms with Crippen LogP contribution in [0.1, 0.15) is 5.56 Å². The molecule has 5 heteroatoms. The lowest BCUT2D eigenvalue weighted by Gasteiger charge is -2.09. The number of methoxy groups -OCH3 is 1. The van der Waals surface area contributed by atoms with Gasteiger partial charge < -0.3 is 18.7 Å². The lowest BCUT2D eigenvalue weighted by atomic mass is 10.1. The van der Waals surface area contributed by atoms with Crippen molar-refractivity contribution in [2.45, 2.75) is 0 Å². The number of para-hydroxylation sites is 1. The van der Waals surface area contributed by atoms with Gasteiger partial charge in [-0.05, 0) is 48.5 Å². The van der Waals surface area contributed by atoms with Crippen molar-refractivity contribution in [2.75, 3.05) is 20.8 Å². The molecule has 0 radical (unpaired) electrons. The quantitative estimate of drug-likeness (QED) is 0.357. The molecule has 0 saturated heterocycles. The Morgan fingerprint density at radius 1 is 0.852 bits per heavy atom. The normalized spacial score (nSPS) is 11.7. The Morgan fingerprint density at radius 2 is 1.59 bits per heavy atom. The molecule has 27 heavy (non-hydrogen) atoms. The Hall–Kier alpha value is -3.47. The van der Waals surface area contributed by atoms with Gasteiger partial charge >= 0.3 is 0 Å². The predicted molar refractivity (Wildman–Crippen MR) is 106 cm³/mol. The molecule has 4 aromatic rings. The first-order valence-corrected chi connectivity index (χ1v) is 8.57. The van der Waals surface area contributed by atoms with Crippen molar-refractivity contribution in [3.05, 3.63) is 72.3 Å². The van der Waals surface area contributed by atoms with Gasteiger partial charge in [-0.2, -0.15) is 0 Å². The number of hydrogen-bond acceptors (Lipinski definition) is 5. The molecule has 0 spiro atoms. The number of ether oxygens (including phenoxy) is 2. The minimum absolute atomic E-state index is 0.279. The Kier molecular flexibility index (Phi) is 4.66. The zero-order valence-electron chi connectivity index (χ0n) is 15.1. The fraction of sp³-hybridized carbons (Fsp3) is 0.136. The molecule has 4 rings (SSSR count). The van der Waals surface area contributed by atoms with E-state index in [1.165, 1.54) is 7.11 Å². The van der Waals surface area contributed by atoms with Gasteiger partial charge in [-0.15, -0.1) is 0 Å². The summed E-state index contributed by atoms with van der Waals surface area (Å²) in [5.41, 5.74) is 3.30. The van der Waals surface area contributed by atoms with Gasteiger partial charge in [0.25, 0.3) is 0 Å². The lowest BCUT2D eigenvalue weighted by molar-refractivity contribution is 0.210. The molecule has 0 amide bonds. The standard InChI is InChI=1S/C22H19NO4/c1-24-16-9-7-15(8-10-16)20(23-25-2)14-26-17-11-12-22-19(13-17)18-5-3-4-6-21(18)27-22/h3-13H,14H2,1-2H3/b23-20+. The van der Waals surface area contributed by atoms with Crippen LogP contribution in [-0.2, 0) is 4.84 Å². The van der Waals surface area contributed by atoms with E-state index in [4.69, 9.17) is 18.7 Å². The Morgan fingerprint density at radius 3 is 2.37 bits per heavy atom. The summed E-state index contributed by atoms with van der Waals surface area (Å²) in [6.45, 7) is 0.279. The van der Waals surface area contributed by atoms with Gasteiger partial charge in [0.1, 0.15) is 42.1 Å². The maximum absolute atomic E-state index is 5.97. The van der Waals surface area contributed by atoms with Crippen LogP contribution in [0.5, 0.6) is 11.5 Å². The van der Waals surface area contributed by atoms with Crippen molar-refractivity contribution < 1.29 is 18.7 Å². The van der Waals surface area contributed by atoms with E-state index in [1.54, 1.807) is 7.11 Å². The highest BCUT2D eigenvalue weighted by atomic mass is 16.6. The predicted octanol–water partition coefficient (Wildman–Crippen LogP) is 5.02. The zero-order valence-corrected chi connectivity index (χ0v) is 15.1. The molecule has 136 valence electrons. The van der Waals surface area contributed by atoms with Crippen molar-refractivity contribution in [1.82, 2.24) is 0 Å². The fourth-order valence-electron chi connectivity index (χ4n) is 3.00. The highest BCUT2D eigenvalue weighted by Gasteiger charge is 2.10. The minimum Gasteiger partial charge on any atom is -0.497 e. The molecule has 0 aliphatic rings. The average molecular weight is 361 g/mol. The van der Waals surface area contributed by atoms with Crippen LogP contribution in [0.3, 0.4) is 0 Å². The number of benzene rings is 3. The van der Waals surface area contributed by atoms with E-state index < -0.39 is 0 Å².